The Labute approximate surface area is 171 Å². The Morgan fingerprint density at radius 1 is 1.07 bits per heavy atom. The fourth-order valence-electron chi connectivity index (χ4n) is 5.16. The maximum absolute atomic E-state index is 13.8. The molecule has 0 aromatic heterocycles. The molecule has 148 valence electrons. The number of hydrogen-bond donors (Lipinski definition) is 2. The molecule has 29 heavy (non-hydrogen) atoms. The van der Waals surface area contributed by atoms with Crippen molar-refractivity contribution in [2.75, 3.05) is 0 Å². The molecule has 2 atom stereocenters. The summed E-state index contributed by atoms with van der Waals surface area (Å²) < 4.78 is 0. The smallest absolute Gasteiger partial charge is 0.239 e. The van der Waals surface area contributed by atoms with E-state index in [1.807, 2.05) is 53.4 Å². The van der Waals surface area contributed by atoms with Crippen LogP contribution in [-0.4, -0.2) is 22.8 Å². The lowest BCUT2D eigenvalue weighted by molar-refractivity contribution is -0.137. The van der Waals surface area contributed by atoms with Gasteiger partial charge in [-0.2, -0.15) is 0 Å². The highest BCUT2D eigenvalue weighted by atomic mass is 16.2. The van der Waals surface area contributed by atoms with Crippen LogP contribution in [0.25, 0.3) is 0 Å². The van der Waals surface area contributed by atoms with Gasteiger partial charge in [0.15, 0.2) is 0 Å². The first kappa shape index (κ1) is 18.1. The minimum absolute atomic E-state index is 0.0801. The van der Waals surface area contributed by atoms with Crippen LogP contribution in [0.5, 0.6) is 0 Å². The summed E-state index contributed by atoms with van der Waals surface area (Å²) in [6.07, 6.45) is 3.31. The van der Waals surface area contributed by atoms with Gasteiger partial charge < -0.3 is 11.1 Å². The molecule has 1 aliphatic carbocycles. The third-order valence-corrected chi connectivity index (χ3v) is 6.61. The molecular weight excluding hydrogens is 360 g/mol. The molecule has 1 fully saturated rings. The zero-order chi connectivity index (χ0) is 20.0. The molecule has 1 saturated carbocycles. The lowest BCUT2D eigenvalue weighted by Crippen LogP contribution is -2.41. The predicted octanol–water partition coefficient (Wildman–Crippen LogP) is 3.70. The summed E-state index contributed by atoms with van der Waals surface area (Å²) in [5.41, 5.74) is 9.16. The van der Waals surface area contributed by atoms with Crippen LogP contribution in [0.2, 0.25) is 0 Å². The van der Waals surface area contributed by atoms with Crippen molar-refractivity contribution in [1.82, 2.24) is 10.2 Å². The Hall–Kier alpha value is -2.92. The molecule has 3 aliphatic rings. The SMILES string of the molecule is C[C@H](c1ccccc1)N1C(=O)C2(CCCC2)C2=C1NC(c1ccccc1)=NC2N. The fraction of sp³-hybridized carbons (Fsp3) is 0.333. The third kappa shape index (κ3) is 2.72. The highest BCUT2D eigenvalue weighted by molar-refractivity contribution is 6.03. The number of benzene rings is 2. The quantitative estimate of drug-likeness (QED) is 0.845. The van der Waals surface area contributed by atoms with Crippen molar-refractivity contribution in [2.45, 2.75) is 44.8 Å². The average Bonchev–Trinajstić information content (AvgIpc) is 3.33. The van der Waals surface area contributed by atoms with Crippen molar-refractivity contribution in [2.24, 2.45) is 16.1 Å². The van der Waals surface area contributed by atoms with Crippen molar-refractivity contribution >= 4 is 11.7 Å². The van der Waals surface area contributed by atoms with E-state index >= 15 is 0 Å². The third-order valence-electron chi connectivity index (χ3n) is 6.61. The van der Waals surface area contributed by atoms with Crippen LogP contribution in [0.15, 0.2) is 77.1 Å². The number of hydrogen-bond acceptors (Lipinski definition) is 4. The number of amidine groups is 1. The van der Waals surface area contributed by atoms with Gasteiger partial charge in [0.1, 0.15) is 17.8 Å². The van der Waals surface area contributed by atoms with Gasteiger partial charge in [-0.05, 0) is 25.3 Å². The van der Waals surface area contributed by atoms with E-state index < -0.39 is 11.6 Å². The van der Waals surface area contributed by atoms with Crippen LogP contribution >= 0.6 is 0 Å². The Balaban J connectivity index is 1.60. The van der Waals surface area contributed by atoms with Crippen LogP contribution in [0.3, 0.4) is 0 Å². The molecule has 1 amide bonds. The summed E-state index contributed by atoms with van der Waals surface area (Å²) in [4.78, 5) is 20.5. The molecular formula is C24H26N4O. The zero-order valence-corrected chi connectivity index (χ0v) is 16.6. The second kappa shape index (κ2) is 6.85. The maximum atomic E-state index is 13.8. The number of nitrogens with zero attached hydrogens (tertiary/aromatic N) is 2. The number of fused-ring (bicyclic) bond motifs is 1. The maximum Gasteiger partial charge on any atom is 0.239 e. The van der Waals surface area contributed by atoms with E-state index in [0.717, 1.165) is 54.0 Å². The Bertz CT molecular complexity index is 990. The first-order valence-corrected chi connectivity index (χ1v) is 10.4. The lowest BCUT2D eigenvalue weighted by atomic mass is 9.78. The van der Waals surface area contributed by atoms with E-state index in [1.54, 1.807) is 0 Å². The van der Waals surface area contributed by atoms with Crippen LogP contribution in [-0.2, 0) is 4.79 Å². The normalized spacial score (nSPS) is 23.8. The molecule has 5 heteroatoms. The largest absolute Gasteiger partial charge is 0.326 e. The zero-order valence-electron chi connectivity index (χ0n) is 16.6. The van der Waals surface area contributed by atoms with Gasteiger partial charge in [0, 0.05) is 11.1 Å². The molecule has 3 N–H and O–H groups in total. The van der Waals surface area contributed by atoms with E-state index in [4.69, 9.17) is 10.7 Å². The second-order valence-corrected chi connectivity index (χ2v) is 8.23. The Morgan fingerprint density at radius 2 is 1.69 bits per heavy atom. The molecule has 2 aliphatic heterocycles. The van der Waals surface area contributed by atoms with Crippen LogP contribution in [0, 0.1) is 5.41 Å². The molecule has 0 radical (unpaired) electrons. The van der Waals surface area contributed by atoms with Crippen LogP contribution in [0.1, 0.15) is 49.8 Å². The van der Waals surface area contributed by atoms with Gasteiger partial charge in [0.05, 0.1) is 11.5 Å². The highest BCUT2D eigenvalue weighted by Gasteiger charge is 2.57. The summed E-state index contributed by atoms with van der Waals surface area (Å²) in [7, 11) is 0. The minimum Gasteiger partial charge on any atom is -0.326 e. The minimum atomic E-state index is -0.503. The predicted molar refractivity (Wildman–Crippen MR) is 114 cm³/mol. The van der Waals surface area contributed by atoms with Crippen LogP contribution in [0.4, 0.5) is 0 Å². The van der Waals surface area contributed by atoms with Crippen LogP contribution < -0.4 is 11.1 Å². The molecule has 5 nitrogen and oxygen atoms in total. The number of carbonyl (C=O) groups is 1. The van der Waals surface area contributed by atoms with E-state index in [9.17, 15) is 4.79 Å². The second-order valence-electron chi connectivity index (χ2n) is 8.23. The van der Waals surface area contributed by atoms with E-state index in [-0.39, 0.29) is 11.9 Å². The molecule has 0 saturated heterocycles. The van der Waals surface area contributed by atoms with E-state index in [1.165, 1.54) is 0 Å². The van der Waals surface area contributed by atoms with Crippen molar-refractivity contribution in [3.63, 3.8) is 0 Å². The average molecular weight is 386 g/mol. The van der Waals surface area contributed by atoms with Gasteiger partial charge >= 0.3 is 0 Å². The standard InChI is InChI=1S/C24H26N4O/c1-16(17-10-4-2-5-11-17)28-22-19(24(23(28)29)14-8-9-15-24)20(25)26-21(27-22)18-12-6-3-7-13-18/h2-7,10-13,16,20H,8-9,14-15,25H2,1H3,(H,26,27)/t16-,20?/m1/s1. The number of nitrogens with two attached hydrogens (primary N) is 1. The Morgan fingerprint density at radius 3 is 2.34 bits per heavy atom. The number of rotatable bonds is 3. The van der Waals surface area contributed by atoms with Crippen molar-refractivity contribution in [3.8, 4) is 0 Å². The highest BCUT2D eigenvalue weighted by Crippen LogP contribution is 2.54. The molecule has 2 heterocycles. The molecule has 1 unspecified atom stereocenters. The lowest BCUT2D eigenvalue weighted by Gasteiger charge is -2.31. The van der Waals surface area contributed by atoms with Gasteiger partial charge in [-0.15, -0.1) is 0 Å². The summed E-state index contributed by atoms with van der Waals surface area (Å²) in [6.45, 7) is 2.09. The van der Waals surface area contributed by atoms with E-state index in [2.05, 4.69) is 24.4 Å². The van der Waals surface area contributed by atoms with Gasteiger partial charge in [0.2, 0.25) is 5.91 Å². The molecule has 2 aromatic rings. The number of carbonyl (C=O) groups excluding carboxylic acids is 1. The van der Waals surface area contributed by atoms with Crippen molar-refractivity contribution in [3.05, 3.63) is 83.2 Å². The van der Waals surface area contributed by atoms with Gasteiger partial charge in [0.25, 0.3) is 0 Å². The summed E-state index contributed by atoms with van der Waals surface area (Å²) in [6, 6.07) is 20.1. The molecule has 1 spiro atoms. The molecule has 2 aromatic carbocycles. The topological polar surface area (TPSA) is 70.7 Å². The van der Waals surface area contributed by atoms with Gasteiger partial charge in [-0.3, -0.25) is 9.69 Å². The summed E-state index contributed by atoms with van der Waals surface area (Å²) in [5.74, 6) is 1.74. The molecule has 0 bridgehead atoms. The van der Waals surface area contributed by atoms with E-state index in [0.29, 0.717) is 0 Å². The Kier molecular flexibility index (Phi) is 4.28. The number of nitrogens with one attached hydrogen (secondary N) is 1. The van der Waals surface area contributed by atoms with Gasteiger partial charge in [-0.1, -0.05) is 73.5 Å². The fourth-order valence-corrected chi connectivity index (χ4v) is 5.16. The first-order chi connectivity index (χ1) is 14.1. The molecule has 5 rings (SSSR count). The number of aliphatic imine (C=N–C) groups is 1. The van der Waals surface area contributed by atoms with Crippen molar-refractivity contribution in [1.29, 1.82) is 0 Å². The number of amides is 1. The summed E-state index contributed by atoms with van der Waals surface area (Å²) in [5, 5.41) is 3.50. The summed E-state index contributed by atoms with van der Waals surface area (Å²) >= 11 is 0. The first-order valence-electron chi connectivity index (χ1n) is 10.4. The van der Waals surface area contributed by atoms with Gasteiger partial charge in [-0.25, -0.2) is 4.99 Å². The monoisotopic (exact) mass is 386 g/mol. The van der Waals surface area contributed by atoms with Crippen molar-refractivity contribution < 1.29 is 4.79 Å².